The highest BCUT2D eigenvalue weighted by molar-refractivity contribution is 5.37. The van der Waals surface area contributed by atoms with Gasteiger partial charge >= 0.3 is 6.01 Å². The molecule has 1 aromatic heterocycles. The predicted molar refractivity (Wildman–Crippen MR) is 65.5 cm³/mol. The summed E-state index contributed by atoms with van der Waals surface area (Å²) in [4.78, 5) is 14.2. The molecule has 0 aromatic carbocycles. The molecule has 0 fully saturated rings. The highest BCUT2D eigenvalue weighted by Crippen LogP contribution is 2.13. The van der Waals surface area contributed by atoms with E-state index in [2.05, 4.69) is 26.3 Å². The van der Waals surface area contributed by atoms with Crippen molar-refractivity contribution in [3.8, 4) is 18.4 Å². The second-order valence-corrected chi connectivity index (χ2v) is 3.05. The van der Waals surface area contributed by atoms with Crippen molar-refractivity contribution in [3.63, 3.8) is 0 Å². The molecular weight excluding hydrogens is 220 g/mol. The van der Waals surface area contributed by atoms with Gasteiger partial charge < -0.3 is 9.64 Å². The van der Waals surface area contributed by atoms with E-state index in [1.165, 1.54) is 0 Å². The van der Waals surface area contributed by atoms with Gasteiger partial charge in [0.25, 0.3) is 0 Å². The van der Waals surface area contributed by atoms with E-state index >= 15 is 0 Å². The molecule has 0 radical (unpaired) electrons. The lowest BCUT2D eigenvalue weighted by Gasteiger charge is -2.18. The van der Waals surface area contributed by atoms with Gasteiger partial charge in [0, 0.05) is 13.1 Å². The number of aromatic nitrogens is 3. The van der Waals surface area contributed by atoms with Gasteiger partial charge in [-0.1, -0.05) is 5.92 Å². The Hall–Kier alpha value is -2.07. The van der Waals surface area contributed by atoms with Crippen LogP contribution in [0.1, 0.15) is 13.8 Å². The molecule has 0 aliphatic heterocycles. The number of anilines is 2. The standard InChI is InChI=1S/C10H16N6O/c1-4-7-17-10-13-8(15-11)12-9(14-10)16(5-2)6-3/h1H,5-7,11H2,2-3H3,(H,12,13,14,15). The van der Waals surface area contributed by atoms with Gasteiger partial charge in [-0.2, -0.15) is 15.0 Å². The zero-order chi connectivity index (χ0) is 12.7. The highest BCUT2D eigenvalue weighted by Gasteiger charge is 2.11. The second-order valence-electron chi connectivity index (χ2n) is 3.05. The number of hydrazine groups is 1. The summed E-state index contributed by atoms with van der Waals surface area (Å²) in [6.45, 7) is 5.67. The summed E-state index contributed by atoms with van der Waals surface area (Å²) >= 11 is 0. The molecule has 1 rings (SSSR count). The number of nitrogen functional groups attached to an aromatic ring is 1. The number of nitrogens with zero attached hydrogens (tertiary/aromatic N) is 4. The van der Waals surface area contributed by atoms with E-state index in [9.17, 15) is 0 Å². The normalized spacial score (nSPS) is 9.53. The minimum atomic E-state index is 0.103. The van der Waals surface area contributed by atoms with E-state index in [0.717, 1.165) is 13.1 Å². The van der Waals surface area contributed by atoms with Gasteiger partial charge in [-0.3, -0.25) is 5.43 Å². The van der Waals surface area contributed by atoms with Crippen LogP contribution in [0.4, 0.5) is 11.9 Å². The van der Waals surface area contributed by atoms with E-state index in [0.29, 0.717) is 5.95 Å². The summed E-state index contributed by atoms with van der Waals surface area (Å²) < 4.78 is 5.16. The fraction of sp³-hybridized carbons (Fsp3) is 0.500. The smallest absolute Gasteiger partial charge is 0.324 e. The Labute approximate surface area is 100 Å². The van der Waals surface area contributed by atoms with Crippen LogP contribution < -0.4 is 20.9 Å². The van der Waals surface area contributed by atoms with Gasteiger partial charge in [-0.15, -0.1) is 6.42 Å². The Morgan fingerprint density at radius 2 is 2.06 bits per heavy atom. The fourth-order valence-electron chi connectivity index (χ4n) is 1.23. The van der Waals surface area contributed by atoms with E-state index in [1.54, 1.807) is 0 Å². The van der Waals surface area contributed by atoms with Crippen LogP contribution in [0.5, 0.6) is 6.01 Å². The van der Waals surface area contributed by atoms with Gasteiger partial charge in [0.2, 0.25) is 11.9 Å². The molecule has 0 saturated heterocycles. The van der Waals surface area contributed by atoms with Crippen LogP contribution in [-0.4, -0.2) is 34.6 Å². The van der Waals surface area contributed by atoms with Crippen LogP contribution in [0.15, 0.2) is 0 Å². The zero-order valence-corrected chi connectivity index (χ0v) is 9.97. The van der Waals surface area contributed by atoms with Crippen molar-refractivity contribution < 1.29 is 4.74 Å². The van der Waals surface area contributed by atoms with Crippen molar-refractivity contribution in [1.29, 1.82) is 0 Å². The molecule has 17 heavy (non-hydrogen) atoms. The highest BCUT2D eigenvalue weighted by atomic mass is 16.5. The minimum absolute atomic E-state index is 0.103. The maximum Gasteiger partial charge on any atom is 0.324 e. The predicted octanol–water partition coefficient (Wildman–Crippen LogP) is 0.0154. The van der Waals surface area contributed by atoms with E-state index in [4.69, 9.17) is 17.0 Å². The van der Waals surface area contributed by atoms with Gasteiger partial charge in [0.15, 0.2) is 6.61 Å². The molecule has 0 aliphatic rings. The topological polar surface area (TPSA) is 89.2 Å². The van der Waals surface area contributed by atoms with Crippen molar-refractivity contribution in [3.05, 3.63) is 0 Å². The number of hydrogen-bond acceptors (Lipinski definition) is 7. The third-order valence-corrected chi connectivity index (χ3v) is 2.06. The maximum absolute atomic E-state index is 5.28. The first-order chi connectivity index (χ1) is 8.24. The molecule has 0 atom stereocenters. The van der Waals surface area contributed by atoms with Gasteiger partial charge in [0.1, 0.15) is 0 Å². The van der Waals surface area contributed by atoms with Crippen LogP contribution in [0, 0.1) is 12.3 Å². The first-order valence-electron chi connectivity index (χ1n) is 5.29. The first-order valence-corrected chi connectivity index (χ1v) is 5.29. The summed E-state index contributed by atoms with van der Waals surface area (Å²) in [5, 5.41) is 0. The zero-order valence-electron chi connectivity index (χ0n) is 9.97. The molecule has 7 nitrogen and oxygen atoms in total. The van der Waals surface area contributed by atoms with Crippen molar-refractivity contribution in [2.45, 2.75) is 13.8 Å². The largest absolute Gasteiger partial charge is 0.450 e. The Bertz CT molecular complexity index is 398. The second kappa shape index (κ2) is 6.50. The number of hydrogen-bond donors (Lipinski definition) is 2. The van der Waals surface area contributed by atoms with E-state index in [1.807, 2.05) is 18.7 Å². The maximum atomic E-state index is 5.28. The number of nitrogens with one attached hydrogen (secondary N) is 1. The summed E-state index contributed by atoms with van der Waals surface area (Å²) in [6, 6.07) is 0.160. The molecule has 0 amide bonds. The van der Waals surface area contributed by atoms with Crippen LogP contribution >= 0.6 is 0 Å². The molecule has 0 bridgehead atoms. The average molecular weight is 236 g/mol. The van der Waals surface area contributed by atoms with Crippen LogP contribution in [-0.2, 0) is 0 Å². The fourth-order valence-corrected chi connectivity index (χ4v) is 1.23. The van der Waals surface area contributed by atoms with Crippen LogP contribution in [0.25, 0.3) is 0 Å². The summed E-state index contributed by atoms with van der Waals surface area (Å²) in [6.07, 6.45) is 5.10. The molecular formula is C10H16N6O. The first kappa shape index (κ1) is 13.0. The Morgan fingerprint density at radius 1 is 1.35 bits per heavy atom. The lowest BCUT2D eigenvalue weighted by Crippen LogP contribution is -2.25. The van der Waals surface area contributed by atoms with Crippen molar-refractivity contribution >= 4 is 11.9 Å². The van der Waals surface area contributed by atoms with E-state index < -0.39 is 0 Å². The molecule has 1 heterocycles. The quantitative estimate of drug-likeness (QED) is 0.408. The Morgan fingerprint density at radius 3 is 2.59 bits per heavy atom. The summed E-state index contributed by atoms with van der Waals surface area (Å²) in [5.74, 6) is 8.37. The average Bonchev–Trinajstić information content (AvgIpc) is 2.37. The van der Waals surface area contributed by atoms with Gasteiger partial charge in [-0.25, -0.2) is 5.84 Å². The summed E-state index contributed by atoms with van der Waals surface area (Å²) in [5.41, 5.74) is 2.37. The van der Waals surface area contributed by atoms with E-state index in [-0.39, 0.29) is 18.6 Å². The number of ether oxygens (including phenoxy) is 1. The molecule has 7 heteroatoms. The number of nitrogens with two attached hydrogens (primary N) is 1. The molecule has 92 valence electrons. The Balaban J connectivity index is 3.00. The van der Waals surface area contributed by atoms with Gasteiger partial charge in [-0.05, 0) is 13.8 Å². The molecule has 3 N–H and O–H groups in total. The third kappa shape index (κ3) is 3.46. The van der Waals surface area contributed by atoms with Crippen molar-refractivity contribution in [1.82, 2.24) is 15.0 Å². The molecule has 0 saturated carbocycles. The minimum Gasteiger partial charge on any atom is -0.450 e. The van der Waals surface area contributed by atoms with Crippen LogP contribution in [0.3, 0.4) is 0 Å². The SMILES string of the molecule is C#CCOc1nc(NN)nc(N(CC)CC)n1. The van der Waals surface area contributed by atoms with Gasteiger partial charge in [0.05, 0.1) is 0 Å². The molecule has 0 spiro atoms. The van der Waals surface area contributed by atoms with Crippen molar-refractivity contribution in [2.24, 2.45) is 5.84 Å². The van der Waals surface area contributed by atoms with Crippen molar-refractivity contribution in [2.75, 3.05) is 30.0 Å². The third-order valence-electron chi connectivity index (χ3n) is 2.06. The molecule has 0 unspecified atom stereocenters. The lowest BCUT2D eigenvalue weighted by molar-refractivity contribution is 0.339. The molecule has 0 aliphatic carbocycles. The number of rotatable bonds is 6. The monoisotopic (exact) mass is 236 g/mol. The lowest BCUT2D eigenvalue weighted by atomic mass is 10.5. The Kier molecular flexibility index (Phi) is 4.97. The summed E-state index contributed by atoms with van der Waals surface area (Å²) in [7, 11) is 0. The number of terminal acetylenes is 1. The molecule has 1 aromatic rings. The van der Waals surface area contributed by atoms with Crippen LogP contribution in [0.2, 0.25) is 0 Å².